The first-order chi connectivity index (χ1) is 29.6. The predicted molar refractivity (Wildman–Crippen MR) is 223 cm³/mol. The Bertz CT molecular complexity index is 1790. The van der Waals surface area contributed by atoms with Gasteiger partial charge in [-0.2, -0.15) is 5.10 Å². The third kappa shape index (κ3) is 15.5. The summed E-state index contributed by atoms with van der Waals surface area (Å²) in [5.41, 5.74) is 14.8. The Labute approximate surface area is 351 Å². The highest BCUT2D eigenvalue weighted by molar-refractivity contribution is 5.93. The van der Waals surface area contributed by atoms with Crippen LogP contribution in [0, 0.1) is 5.92 Å². The Balaban J connectivity index is 0.815. The van der Waals surface area contributed by atoms with Crippen molar-refractivity contribution >= 4 is 28.1 Å². The van der Waals surface area contributed by atoms with E-state index in [2.05, 4.69) is 20.4 Å². The highest BCUT2D eigenvalue weighted by atomic mass is 16.6. The number of hydrogen-bond acceptors (Lipinski definition) is 16. The lowest BCUT2D eigenvalue weighted by molar-refractivity contribution is -0.126. The van der Waals surface area contributed by atoms with Gasteiger partial charge in [-0.25, -0.2) is 14.5 Å². The van der Waals surface area contributed by atoms with E-state index in [0.29, 0.717) is 149 Å². The van der Waals surface area contributed by atoms with Crippen molar-refractivity contribution in [3.8, 4) is 17.1 Å². The normalized spacial score (nSPS) is 15.6. The predicted octanol–water partition coefficient (Wildman–Crippen LogP) is 2.36. The van der Waals surface area contributed by atoms with Crippen LogP contribution in [-0.4, -0.2) is 170 Å². The molecular formula is C41H64N8O11. The van der Waals surface area contributed by atoms with Crippen LogP contribution in [0.15, 0.2) is 30.6 Å². The summed E-state index contributed by atoms with van der Waals surface area (Å²) in [6.07, 6.45) is 4.57. The molecule has 1 saturated carbocycles. The van der Waals surface area contributed by atoms with Crippen LogP contribution in [0.5, 0.6) is 5.75 Å². The number of aromatic amines is 1. The summed E-state index contributed by atoms with van der Waals surface area (Å²) in [7, 11) is 1.65. The molecule has 3 heterocycles. The van der Waals surface area contributed by atoms with Crippen LogP contribution in [-0.2, 0) is 47.4 Å². The molecule has 1 aromatic carbocycles. The molecule has 1 aliphatic rings. The van der Waals surface area contributed by atoms with Gasteiger partial charge in [-0.15, -0.1) is 0 Å². The van der Waals surface area contributed by atoms with Crippen molar-refractivity contribution in [2.45, 2.75) is 31.6 Å². The Hall–Kier alpha value is -4.02. The van der Waals surface area contributed by atoms with Gasteiger partial charge in [0, 0.05) is 30.3 Å². The molecule has 1 aliphatic carbocycles. The number of aromatic nitrogens is 5. The zero-order chi connectivity index (χ0) is 42.0. The first kappa shape index (κ1) is 47.0. The van der Waals surface area contributed by atoms with Crippen LogP contribution in [0.25, 0.3) is 27.8 Å². The van der Waals surface area contributed by atoms with Crippen LogP contribution >= 0.6 is 0 Å². The van der Waals surface area contributed by atoms with Crippen LogP contribution in [0.1, 0.15) is 37.4 Å². The number of nitrogens with two attached hydrogens (primary N) is 2. The van der Waals surface area contributed by atoms with E-state index in [1.54, 1.807) is 11.6 Å². The van der Waals surface area contributed by atoms with E-state index >= 15 is 0 Å². The molecular weight excluding hydrogens is 780 g/mol. The summed E-state index contributed by atoms with van der Waals surface area (Å²) < 4.78 is 56.6. The summed E-state index contributed by atoms with van der Waals surface area (Å²) in [6.45, 7) is 9.80. The van der Waals surface area contributed by atoms with Gasteiger partial charge >= 0.3 is 0 Å². The molecule has 6 N–H and O–H groups in total. The number of rotatable bonds is 33. The number of H-pyrrole nitrogens is 1. The second-order valence-corrected chi connectivity index (χ2v) is 14.0. The van der Waals surface area contributed by atoms with E-state index in [0.717, 1.165) is 53.9 Å². The standard InChI is InChI=1S/C41H64N8O11/c1-51-35-4-2-3-33-29-34(47-36(33)35)37-38-39(43)45-30-46-49(38)40(48-37)31-5-7-32(8-6-31)41(50)44-10-12-53-14-16-55-18-20-57-22-24-59-26-28-60-27-25-58-23-21-56-19-17-54-15-13-52-11-9-42/h2-4,29-32,47H,5-28,42H2,1H3,(H,44,50)(H2,43,45,46). The lowest BCUT2D eigenvalue weighted by atomic mass is 9.81. The fourth-order valence-electron chi connectivity index (χ4n) is 6.80. The maximum Gasteiger partial charge on any atom is 0.223 e. The van der Waals surface area contributed by atoms with Gasteiger partial charge in [0.15, 0.2) is 5.82 Å². The molecule has 0 radical (unpaired) electrons. The number of nitrogens with one attached hydrogen (secondary N) is 2. The number of carbonyl (C=O) groups is 1. The summed E-state index contributed by atoms with van der Waals surface area (Å²) in [6, 6.07) is 7.92. The van der Waals surface area contributed by atoms with Crippen molar-refractivity contribution in [2.75, 3.05) is 145 Å². The van der Waals surface area contributed by atoms with Crippen molar-refractivity contribution in [2.24, 2.45) is 11.7 Å². The van der Waals surface area contributed by atoms with E-state index in [9.17, 15) is 4.79 Å². The van der Waals surface area contributed by atoms with Crippen LogP contribution < -0.4 is 21.5 Å². The SMILES string of the molecule is COc1cccc2cc(-c3nc(C4CCC(C(=O)NCCOCCOCCOCCOCCOCCOCCOCCOCCOCCN)CC4)n4ncnc(N)c34)[nH]c12. The lowest BCUT2D eigenvalue weighted by Gasteiger charge is -2.26. The Kier molecular flexibility index (Phi) is 21.8. The minimum atomic E-state index is -0.0623. The Morgan fingerprint density at radius 1 is 0.750 bits per heavy atom. The zero-order valence-corrected chi connectivity index (χ0v) is 34.9. The van der Waals surface area contributed by atoms with Gasteiger partial charge in [-0.05, 0) is 37.8 Å². The molecule has 19 heteroatoms. The number of ether oxygens (including phenoxy) is 10. The third-order valence-corrected chi connectivity index (χ3v) is 9.83. The highest BCUT2D eigenvalue weighted by Crippen LogP contribution is 2.39. The fraction of sp³-hybridized carbons (Fsp3) is 0.659. The maximum absolute atomic E-state index is 13.0. The number of para-hydroxylation sites is 1. The van der Waals surface area contributed by atoms with Crippen molar-refractivity contribution < 1.29 is 52.2 Å². The number of hydrogen-bond donors (Lipinski definition) is 4. The summed E-state index contributed by atoms with van der Waals surface area (Å²) in [4.78, 5) is 25.7. The van der Waals surface area contributed by atoms with Gasteiger partial charge in [0.2, 0.25) is 5.91 Å². The van der Waals surface area contributed by atoms with Crippen molar-refractivity contribution in [3.05, 3.63) is 36.4 Å². The number of carbonyl (C=O) groups excluding carboxylic acids is 1. The molecule has 60 heavy (non-hydrogen) atoms. The molecule has 0 spiro atoms. The number of nitrogens with zero attached hydrogens (tertiary/aromatic N) is 4. The van der Waals surface area contributed by atoms with Crippen LogP contribution in [0.3, 0.4) is 0 Å². The summed E-state index contributed by atoms with van der Waals surface area (Å²) in [5.74, 6) is 2.04. The molecule has 1 fully saturated rings. The van der Waals surface area contributed by atoms with Crippen molar-refractivity contribution in [1.82, 2.24) is 29.9 Å². The van der Waals surface area contributed by atoms with Crippen LogP contribution in [0.2, 0.25) is 0 Å². The molecule has 0 atom stereocenters. The molecule has 3 aromatic heterocycles. The van der Waals surface area contributed by atoms with E-state index in [4.69, 9.17) is 63.8 Å². The molecule has 0 unspecified atom stereocenters. The first-order valence-corrected chi connectivity index (χ1v) is 20.9. The lowest BCUT2D eigenvalue weighted by Crippen LogP contribution is -2.35. The van der Waals surface area contributed by atoms with Gasteiger partial charge in [0.1, 0.15) is 29.1 Å². The molecule has 4 aromatic rings. The van der Waals surface area contributed by atoms with E-state index in [1.165, 1.54) is 6.33 Å². The van der Waals surface area contributed by atoms with Gasteiger partial charge in [-0.1, -0.05) is 12.1 Å². The number of fused-ring (bicyclic) bond motifs is 2. The van der Waals surface area contributed by atoms with Gasteiger partial charge < -0.3 is 69.1 Å². The quantitative estimate of drug-likeness (QED) is 0.0504. The zero-order valence-electron chi connectivity index (χ0n) is 34.9. The molecule has 5 rings (SSSR count). The monoisotopic (exact) mass is 844 g/mol. The minimum absolute atomic E-state index is 0.0527. The molecule has 334 valence electrons. The average molecular weight is 845 g/mol. The van der Waals surface area contributed by atoms with E-state index in [-0.39, 0.29) is 17.7 Å². The van der Waals surface area contributed by atoms with E-state index in [1.807, 2.05) is 24.3 Å². The van der Waals surface area contributed by atoms with Crippen LogP contribution in [0.4, 0.5) is 5.82 Å². The molecule has 0 aliphatic heterocycles. The second-order valence-electron chi connectivity index (χ2n) is 14.0. The molecule has 1 amide bonds. The maximum atomic E-state index is 13.0. The number of anilines is 1. The number of amides is 1. The Morgan fingerprint density at radius 2 is 1.27 bits per heavy atom. The highest BCUT2D eigenvalue weighted by Gasteiger charge is 2.31. The smallest absolute Gasteiger partial charge is 0.223 e. The number of imidazole rings is 1. The number of methoxy groups -OCH3 is 1. The second kappa shape index (κ2) is 27.8. The van der Waals surface area contributed by atoms with Crippen molar-refractivity contribution in [1.29, 1.82) is 0 Å². The molecule has 0 bridgehead atoms. The van der Waals surface area contributed by atoms with Gasteiger partial charge in [0.05, 0.1) is 137 Å². The molecule has 19 nitrogen and oxygen atoms in total. The third-order valence-electron chi connectivity index (χ3n) is 9.83. The first-order valence-electron chi connectivity index (χ1n) is 20.9. The van der Waals surface area contributed by atoms with Gasteiger partial charge in [-0.3, -0.25) is 4.79 Å². The van der Waals surface area contributed by atoms with E-state index < -0.39 is 0 Å². The molecule has 0 saturated heterocycles. The largest absolute Gasteiger partial charge is 0.495 e. The topological polar surface area (TPSA) is 232 Å². The minimum Gasteiger partial charge on any atom is -0.495 e. The van der Waals surface area contributed by atoms with Crippen molar-refractivity contribution in [3.63, 3.8) is 0 Å². The Morgan fingerprint density at radius 3 is 1.78 bits per heavy atom. The average Bonchev–Trinajstić information content (AvgIpc) is 3.89. The van der Waals surface area contributed by atoms with Gasteiger partial charge in [0.25, 0.3) is 0 Å². The summed E-state index contributed by atoms with van der Waals surface area (Å²) >= 11 is 0. The fourth-order valence-corrected chi connectivity index (χ4v) is 6.80. The number of benzene rings is 1. The number of nitrogen functional groups attached to an aromatic ring is 1. The summed E-state index contributed by atoms with van der Waals surface area (Å²) in [5, 5.41) is 8.56.